The van der Waals surface area contributed by atoms with E-state index < -0.39 is 24.6 Å². The number of rotatable bonds is 4. The monoisotopic (exact) mass is 262 g/mol. The number of hydrogen-bond acceptors (Lipinski definition) is 4. The summed E-state index contributed by atoms with van der Waals surface area (Å²) in [5.74, 6) is -0.637. The average molecular weight is 262 g/mol. The van der Waals surface area contributed by atoms with Crippen molar-refractivity contribution >= 4 is 11.7 Å². The van der Waals surface area contributed by atoms with E-state index in [1.54, 1.807) is 0 Å². The summed E-state index contributed by atoms with van der Waals surface area (Å²) in [5.41, 5.74) is 0.434. The van der Waals surface area contributed by atoms with Gasteiger partial charge in [0.25, 0.3) is 0 Å². The van der Waals surface area contributed by atoms with Gasteiger partial charge < -0.3 is 10.1 Å². The molecule has 0 amide bonds. The number of esters is 1. The molecule has 1 N–H and O–H groups in total. The van der Waals surface area contributed by atoms with Gasteiger partial charge in [-0.25, -0.2) is 9.78 Å². The Morgan fingerprint density at radius 3 is 2.78 bits per heavy atom. The Bertz CT molecular complexity index is 421. The van der Waals surface area contributed by atoms with Crippen LogP contribution in [-0.4, -0.2) is 30.3 Å². The molecule has 1 aromatic rings. The Kier molecular flexibility index (Phi) is 4.52. The van der Waals surface area contributed by atoms with E-state index in [1.807, 2.05) is 0 Å². The normalized spacial score (nSPS) is 12.9. The second-order valence-electron chi connectivity index (χ2n) is 3.79. The van der Waals surface area contributed by atoms with Crippen LogP contribution in [0.2, 0.25) is 0 Å². The molecule has 0 aliphatic heterocycles. The number of hydrogen-bond donors (Lipinski definition) is 1. The number of aromatic nitrogens is 1. The minimum Gasteiger partial charge on any atom is -0.464 e. The molecule has 7 heteroatoms. The molecule has 4 nitrogen and oxygen atoms in total. The van der Waals surface area contributed by atoms with Crippen molar-refractivity contribution in [1.82, 2.24) is 4.98 Å². The Labute approximate surface area is 102 Å². The van der Waals surface area contributed by atoms with Gasteiger partial charge in [0.2, 0.25) is 0 Å². The molecule has 1 aromatic heterocycles. The predicted molar refractivity (Wildman–Crippen MR) is 59.3 cm³/mol. The van der Waals surface area contributed by atoms with Crippen LogP contribution in [0.3, 0.4) is 0 Å². The number of carbonyl (C=O) groups excluding carboxylic acids is 1. The van der Waals surface area contributed by atoms with Gasteiger partial charge in [-0.15, -0.1) is 0 Å². The first-order chi connectivity index (χ1) is 8.31. The molecule has 1 heterocycles. The fraction of sp³-hybridized carbons (Fsp3) is 0.455. The minimum absolute atomic E-state index is 0.0432. The molecule has 100 valence electrons. The average Bonchev–Trinajstić information content (AvgIpc) is 2.25. The SMILES string of the molecule is COC(=O)c1cc(NC(C)CC(F)(F)F)ccn1. The largest absolute Gasteiger partial charge is 0.464 e. The number of methoxy groups -OCH3 is 1. The van der Waals surface area contributed by atoms with Crippen molar-refractivity contribution in [1.29, 1.82) is 0 Å². The highest BCUT2D eigenvalue weighted by atomic mass is 19.4. The van der Waals surface area contributed by atoms with Gasteiger partial charge in [-0.2, -0.15) is 13.2 Å². The molecule has 0 aliphatic rings. The van der Waals surface area contributed by atoms with Crippen molar-refractivity contribution in [2.45, 2.75) is 25.6 Å². The van der Waals surface area contributed by atoms with Gasteiger partial charge in [0.15, 0.2) is 0 Å². The number of alkyl halides is 3. The summed E-state index contributed by atoms with van der Waals surface area (Å²) in [6.07, 6.45) is -3.86. The van der Waals surface area contributed by atoms with Crippen LogP contribution in [0.25, 0.3) is 0 Å². The Balaban J connectivity index is 2.70. The van der Waals surface area contributed by atoms with Crippen LogP contribution in [-0.2, 0) is 4.74 Å². The lowest BCUT2D eigenvalue weighted by molar-refractivity contribution is -0.136. The highest BCUT2D eigenvalue weighted by molar-refractivity contribution is 5.88. The lowest BCUT2D eigenvalue weighted by Crippen LogP contribution is -2.24. The molecular formula is C11H13F3N2O2. The molecular weight excluding hydrogens is 249 g/mol. The summed E-state index contributed by atoms with van der Waals surface area (Å²) in [6.45, 7) is 1.41. The molecule has 1 rings (SSSR count). The van der Waals surface area contributed by atoms with E-state index >= 15 is 0 Å². The predicted octanol–water partition coefficient (Wildman–Crippen LogP) is 2.62. The molecule has 0 aliphatic carbocycles. The van der Waals surface area contributed by atoms with Crippen molar-refractivity contribution < 1.29 is 22.7 Å². The highest BCUT2D eigenvalue weighted by Gasteiger charge is 2.29. The smallest absolute Gasteiger partial charge is 0.391 e. The molecule has 0 aromatic carbocycles. The lowest BCUT2D eigenvalue weighted by atomic mass is 10.2. The summed E-state index contributed by atoms with van der Waals surface area (Å²) >= 11 is 0. The summed E-state index contributed by atoms with van der Waals surface area (Å²) in [6, 6.07) is 2.04. The van der Waals surface area contributed by atoms with E-state index in [0.29, 0.717) is 5.69 Å². The summed E-state index contributed by atoms with van der Waals surface area (Å²) in [4.78, 5) is 14.9. The number of nitrogens with zero attached hydrogens (tertiary/aromatic N) is 1. The van der Waals surface area contributed by atoms with E-state index in [0.717, 1.165) is 0 Å². The zero-order valence-electron chi connectivity index (χ0n) is 9.91. The Morgan fingerprint density at radius 2 is 2.22 bits per heavy atom. The standard InChI is InChI=1S/C11H13F3N2O2/c1-7(6-11(12,13)14)16-8-3-4-15-9(5-8)10(17)18-2/h3-5,7H,6H2,1-2H3,(H,15,16). The third-order valence-corrected chi connectivity index (χ3v) is 2.11. The highest BCUT2D eigenvalue weighted by Crippen LogP contribution is 2.23. The first kappa shape index (κ1) is 14.3. The number of nitrogens with one attached hydrogen (secondary N) is 1. The van der Waals surface area contributed by atoms with Gasteiger partial charge in [0.1, 0.15) is 5.69 Å². The molecule has 0 spiro atoms. The molecule has 0 saturated carbocycles. The van der Waals surface area contributed by atoms with Gasteiger partial charge in [-0.1, -0.05) is 0 Å². The molecule has 0 saturated heterocycles. The maximum absolute atomic E-state index is 12.1. The van der Waals surface area contributed by atoms with E-state index in [4.69, 9.17) is 0 Å². The fourth-order valence-electron chi connectivity index (χ4n) is 1.42. The van der Waals surface area contributed by atoms with Gasteiger partial charge in [-0.3, -0.25) is 0 Å². The number of pyridine rings is 1. The van der Waals surface area contributed by atoms with Crippen molar-refractivity contribution in [3.8, 4) is 0 Å². The van der Waals surface area contributed by atoms with E-state index in [2.05, 4.69) is 15.0 Å². The quantitative estimate of drug-likeness (QED) is 0.847. The zero-order valence-corrected chi connectivity index (χ0v) is 9.91. The lowest BCUT2D eigenvalue weighted by Gasteiger charge is -2.17. The number of halogens is 3. The second-order valence-corrected chi connectivity index (χ2v) is 3.79. The summed E-state index contributed by atoms with van der Waals surface area (Å²) < 4.78 is 40.9. The molecule has 0 fully saturated rings. The van der Waals surface area contributed by atoms with Gasteiger partial charge in [0, 0.05) is 17.9 Å². The molecule has 0 bridgehead atoms. The number of carbonyl (C=O) groups is 1. The third kappa shape index (κ3) is 4.60. The van der Waals surface area contributed by atoms with Crippen molar-refractivity contribution in [3.05, 3.63) is 24.0 Å². The molecule has 1 atom stereocenters. The maximum atomic E-state index is 12.1. The van der Waals surface area contributed by atoms with Gasteiger partial charge in [-0.05, 0) is 19.1 Å². The van der Waals surface area contributed by atoms with Crippen LogP contribution in [0.15, 0.2) is 18.3 Å². The van der Waals surface area contributed by atoms with Gasteiger partial charge in [0.05, 0.1) is 13.5 Å². The second kappa shape index (κ2) is 5.70. The number of anilines is 1. The van der Waals surface area contributed by atoms with Crippen molar-refractivity contribution in [2.75, 3.05) is 12.4 Å². The Hall–Kier alpha value is -1.79. The molecule has 18 heavy (non-hydrogen) atoms. The number of ether oxygens (including phenoxy) is 1. The maximum Gasteiger partial charge on any atom is 0.391 e. The molecule has 0 radical (unpaired) electrons. The third-order valence-electron chi connectivity index (χ3n) is 2.11. The summed E-state index contributed by atoms with van der Waals surface area (Å²) in [5, 5.41) is 2.65. The minimum atomic E-state index is -4.23. The van der Waals surface area contributed by atoms with Crippen LogP contribution in [0.5, 0.6) is 0 Å². The van der Waals surface area contributed by atoms with E-state index in [-0.39, 0.29) is 5.69 Å². The fourth-order valence-corrected chi connectivity index (χ4v) is 1.42. The van der Waals surface area contributed by atoms with Crippen LogP contribution in [0, 0.1) is 0 Å². The van der Waals surface area contributed by atoms with Crippen LogP contribution in [0.4, 0.5) is 18.9 Å². The topological polar surface area (TPSA) is 51.2 Å². The summed E-state index contributed by atoms with van der Waals surface area (Å²) in [7, 11) is 1.20. The van der Waals surface area contributed by atoms with Crippen LogP contribution >= 0.6 is 0 Å². The van der Waals surface area contributed by atoms with E-state index in [1.165, 1.54) is 32.4 Å². The van der Waals surface area contributed by atoms with Crippen molar-refractivity contribution in [2.24, 2.45) is 0 Å². The molecule has 1 unspecified atom stereocenters. The first-order valence-corrected chi connectivity index (χ1v) is 5.19. The van der Waals surface area contributed by atoms with Crippen LogP contribution < -0.4 is 5.32 Å². The van der Waals surface area contributed by atoms with Crippen molar-refractivity contribution in [3.63, 3.8) is 0 Å². The van der Waals surface area contributed by atoms with E-state index in [9.17, 15) is 18.0 Å². The van der Waals surface area contributed by atoms with Crippen LogP contribution in [0.1, 0.15) is 23.8 Å². The van der Waals surface area contributed by atoms with Gasteiger partial charge >= 0.3 is 12.1 Å². The zero-order chi connectivity index (χ0) is 13.8. The first-order valence-electron chi connectivity index (χ1n) is 5.19. The Morgan fingerprint density at radius 1 is 1.56 bits per heavy atom.